The van der Waals surface area contributed by atoms with E-state index < -0.39 is 0 Å². The summed E-state index contributed by atoms with van der Waals surface area (Å²) in [6.45, 7) is 3.80. The van der Waals surface area contributed by atoms with Crippen molar-refractivity contribution in [2.45, 2.75) is 5.92 Å². The lowest BCUT2D eigenvalue weighted by Gasteiger charge is -2.27. The van der Waals surface area contributed by atoms with Gasteiger partial charge in [-0.15, -0.1) is 0 Å². The van der Waals surface area contributed by atoms with E-state index in [-0.39, 0.29) is 5.92 Å². The molecule has 1 aliphatic heterocycles. The fourth-order valence-corrected chi connectivity index (χ4v) is 3.39. The summed E-state index contributed by atoms with van der Waals surface area (Å²) in [7, 11) is 1.90. The molecule has 3 heterocycles. The molecule has 0 amide bonds. The van der Waals surface area contributed by atoms with E-state index in [9.17, 15) is 0 Å². The number of likely N-dealkylation sites (N-methyl/N-ethyl adjacent to an activating group) is 1. The quantitative estimate of drug-likeness (QED) is 0.576. The highest BCUT2D eigenvalue weighted by atomic mass is 16.5. The number of ether oxygens (including phenoxy) is 1. The van der Waals surface area contributed by atoms with Gasteiger partial charge >= 0.3 is 0 Å². The molecule has 140 valence electrons. The van der Waals surface area contributed by atoms with Gasteiger partial charge in [0, 0.05) is 43.2 Å². The van der Waals surface area contributed by atoms with E-state index in [2.05, 4.69) is 36.4 Å². The topological polar surface area (TPSA) is 103 Å². The van der Waals surface area contributed by atoms with Gasteiger partial charge in [-0.1, -0.05) is 6.07 Å². The van der Waals surface area contributed by atoms with E-state index in [1.54, 1.807) is 6.33 Å². The third kappa shape index (κ3) is 3.54. The molecule has 0 saturated carbocycles. The van der Waals surface area contributed by atoms with Gasteiger partial charge in [-0.25, -0.2) is 9.97 Å². The number of morpholine rings is 1. The fraction of sp³-hybridized carbons (Fsp3) is 0.368. The second-order valence-electron chi connectivity index (χ2n) is 6.57. The second kappa shape index (κ2) is 7.81. The van der Waals surface area contributed by atoms with Gasteiger partial charge < -0.3 is 20.4 Å². The number of fused-ring (bicyclic) bond motifs is 1. The first-order chi connectivity index (χ1) is 13.3. The number of anilines is 1. The van der Waals surface area contributed by atoms with E-state index in [0.717, 1.165) is 53.3 Å². The van der Waals surface area contributed by atoms with Crippen molar-refractivity contribution in [2.24, 2.45) is 0 Å². The maximum Gasteiger partial charge on any atom is 0.132 e. The maximum atomic E-state index is 7.71. The Labute approximate surface area is 157 Å². The molecular weight excluding hydrogens is 342 g/mol. The third-order valence-electron chi connectivity index (χ3n) is 4.87. The van der Waals surface area contributed by atoms with Gasteiger partial charge in [0.15, 0.2) is 0 Å². The van der Waals surface area contributed by atoms with E-state index in [1.807, 2.05) is 25.2 Å². The predicted octanol–water partition coefficient (Wildman–Crippen LogP) is 1.81. The number of aromatic amines is 1. The first-order valence-corrected chi connectivity index (χ1v) is 9.08. The van der Waals surface area contributed by atoms with Crippen LogP contribution in [0.4, 0.5) is 5.82 Å². The zero-order chi connectivity index (χ0) is 18.6. The zero-order valence-electron chi connectivity index (χ0n) is 15.3. The summed E-state index contributed by atoms with van der Waals surface area (Å²) < 4.78 is 5.42. The average molecular weight is 365 g/mol. The second-order valence-corrected chi connectivity index (χ2v) is 6.57. The number of hydrogen-bond donors (Lipinski definition) is 3. The van der Waals surface area contributed by atoms with Crippen molar-refractivity contribution in [1.29, 1.82) is 5.41 Å². The van der Waals surface area contributed by atoms with Gasteiger partial charge in [-0.3, -0.25) is 5.10 Å². The predicted molar refractivity (Wildman–Crippen MR) is 106 cm³/mol. The van der Waals surface area contributed by atoms with Crippen molar-refractivity contribution in [3.63, 3.8) is 0 Å². The summed E-state index contributed by atoms with van der Waals surface area (Å²) >= 11 is 0. The number of nitrogens with zero attached hydrogens (tertiary/aromatic N) is 4. The molecule has 1 fully saturated rings. The molecular formula is C19H23N7O. The minimum atomic E-state index is 0.0245. The van der Waals surface area contributed by atoms with Crippen LogP contribution < -0.4 is 10.2 Å². The Balaban J connectivity index is 1.72. The van der Waals surface area contributed by atoms with Crippen LogP contribution in [0.5, 0.6) is 0 Å². The minimum Gasteiger partial charge on any atom is -0.378 e. The SMILES string of the molecule is CNCC(C=N)c1ccc2[nH]nc(-c3cc(N4CCOCC4)ncn3)c2c1. The Morgan fingerprint density at radius 1 is 1.30 bits per heavy atom. The van der Waals surface area contributed by atoms with Crippen LogP contribution in [-0.4, -0.2) is 66.3 Å². The van der Waals surface area contributed by atoms with Crippen LogP contribution in [0.3, 0.4) is 0 Å². The van der Waals surface area contributed by atoms with Crippen molar-refractivity contribution in [3.05, 3.63) is 36.2 Å². The van der Waals surface area contributed by atoms with Crippen LogP contribution in [0.15, 0.2) is 30.6 Å². The Morgan fingerprint density at radius 3 is 2.93 bits per heavy atom. The Morgan fingerprint density at radius 2 is 2.15 bits per heavy atom. The molecule has 1 aliphatic rings. The number of hydrogen-bond acceptors (Lipinski definition) is 7. The molecule has 3 N–H and O–H groups in total. The van der Waals surface area contributed by atoms with E-state index in [4.69, 9.17) is 10.1 Å². The molecule has 0 bridgehead atoms. The van der Waals surface area contributed by atoms with E-state index >= 15 is 0 Å². The van der Waals surface area contributed by atoms with Crippen molar-refractivity contribution >= 4 is 22.9 Å². The van der Waals surface area contributed by atoms with Gasteiger partial charge in [0.1, 0.15) is 17.8 Å². The highest BCUT2D eigenvalue weighted by Gasteiger charge is 2.17. The lowest BCUT2D eigenvalue weighted by atomic mass is 9.98. The largest absolute Gasteiger partial charge is 0.378 e. The van der Waals surface area contributed by atoms with Gasteiger partial charge in [0.05, 0.1) is 24.4 Å². The standard InChI is InChI=1S/C19H23N7O/c1-21-11-14(10-20)13-2-3-16-15(8-13)19(25-24-16)17-9-18(23-12-22-17)26-4-6-27-7-5-26/h2-3,8-10,12,14,20-21H,4-7,11H2,1H3,(H,24,25). The van der Waals surface area contributed by atoms with Crippen molar-refractivity contribution in [1.82, 2.24) is 25.5 Å². The van der Waals surface area contributed by atoms with Gasteiger partial charge in [0.25, 0.3) is 0 Å². The molecule has 1 unspecified atom stereocenters. The summed E-state index contributed by atoms with van der Waals surface area (Å²) in [4.78, 5) is 11.1. The molecule has 1 aromatic carbocycles. The molecule has 8 nitrogen and oxygen atoms in total. The van der Waals surface area contributed by atoms with E-state index in [1.165, 1.54) is 6.21 Å². The summed E-state index contributed by atoms with van der Waals surface area (Å²) in [5.74, 6) is 0.916. The first kappa shape index (κ1) is 17.6. The van der Waals surface area contributed by atoms with Crippen LogP contribution in [-0.2, 0) is 4.74 Å². The molecule has 0 radical (unpaired) electrons. The number of nitrogens with one attached hydrogen (secondary N) is 3. The third-order valence-corrected chi connectivity index (χ3v) is 4.87. The lowest BCUT2D eigenvalue weighted by molar-refractivity contribution is 0.122. The van der Waals surface area contributed by atoms with Crippen molar-refractivity contribution in [3.8, 4) is 11.4 Å². The average Bonchev–Trinajstić information content (AvgIpc) is 3.16. The fourth-order valence-electron chi connectivity index (χ4n) is 3.39. The monoisotopic (exact) mass is 365 g/mol. The molecule has 1 saturated heterocycles. The highest BCUT2D eigenvalue weighted by Crippen LogP contribution is 2.29. The summed E-state index contributed by atoms with van der Waals surface area (Å²) in [6.07, 6.45) is 3.06. The van der Waals surface area contributed by atoms with Gasteiger partial charge in [-0.05, 0) is 24.7 Å². The Kier molecular flexibility index (Phi) is 5.08. The molecule has 4 rings (SSSR count). The molecule has 0 spiro atoms. The molecule has 1 atom stereocenters. The van der Waals surface area contributed by atoms with Crippen LogP contribution in [0.2, 0.25) is 0 Å². The van der Waals surface area contributed by atoms with Crippen molar-refractivity contribution < 1.29 is 4.74 Å². The van der Waals surface area contributed by atoms with Crippen LogP contribution in [0.1, 0.15) is 11.5 Å². The summed E-state index contributed by atoms with van der Waals surface area (Å²) in [5.41, 5.74) is 3.62. The van der Waals surface area contributed by atoms with Crippen LogP contribution in [0, 0.1) is 5.41 Å². The smallest absolute Gasteiger partial charge is 0.132 e. The summed E-state index contributed by atoms with van der Waals surface area (Å²) in [6, 6.07) is 8.13. The minimum absolute atomic E-state index is 0.0245. The highest BCUT2D eigenvalue weighted by molar-refractivity contribution is 5.93. The molecule has 0 aliphatic carbocycles. The zero-order valence-corrected chi connectivity index (χ0v) is 15.3. The van der Waals surface area contributed by atoms with Crippen LogP contribution >= 0.6 is 0 Å². The maximum absolute atomic E-state index is 7.71. The Hall–Kier alpha value is -2.84. The number of benzene rings is 1. The van der Waals surface area contributed by atoms with Crippen LogP contribution in [0.25, 0.3) is 22.3 Å². The number of rotatable bonds is 6. The molecule has 2 aromatic heterocycles. The lowest BCUT2D eigenvalue weighted by Crippen LogP contribution is -2.36. The number of aromatic nitrogens is 4. The first-order valence-electron chi connectivity index (χ1n) is 9.08. The normalized spacial score (nSPS) is 15.8. The van der Waals surface area contributed by atoms with Gasteiger partial charge in [0.2, 0.25) is 0 Å². The van der Waals surface area contributed by atoms with Gasteiger partial charge in [-0.2, -0.15) is 5.10 Å². The number of H-pyrrole nitrogens is 1. The van der Waals surface area contributed by atoms with E-state index in [0.29, 0.717) is 13.2 Å². The molecule has 8 heteroatoms. The summed E-state index contributed by atoms with van der Waals surface area (Å²) in [5, 5.41) is 19.4. The van der Waals surface area contributed by atoms with Crippen molar-refractivity contribution in [2.75, 3.05) is 44.8 Å². The molecule has 27 heavy (non-hydrogen) atoms. The Bertz CT molecular complexity index is 933. The molecule has 3 aromatic rings.